The highest BCUT2D eigenvalue weighted by atomic mass is 32.1. The van der Waals surface area contributed by atoms with Crippen LogP contribution in [0.25, 0.3) is 20.3 Å². The Kier molecular flexibility index (Phi) is 3.42. The lowest BCUT2D eigenvalue weighted by Gasteiger charge is -2.27. The smallest absolute Gasteiger partial charge is 0.272 e. The van der Waals surface area contributed by atoms with E-state index in [-0.39, 0.29) is 11.6 Å². The summed E-state index contributed by atoms with van der Waals surface area (Å²) in [5.41, 5.74) is 0.982. The third kappa shape index (κ3) is 2.15. The van der Waals surface area contributed by atoms with Crippen molar-refractivity contribution in [2.75, 3.05) is 0 Å². The van der Waals surface area contributed by atoms with Crippen molar-refractivity contribution >= 4 is 43.9 Å². The van der Waals surface area contributed by atoms with Gasteiger partial charge in [-0.25, -0.2) is 0 Å². The zero-order valence-electron chi connectivity index (χ0n) is 12.5. The molecule has 0 aliphatic heterocycles. The maximum Gasteiger partial charge on any atom is 0.272 e. The Morgan fingerprint density at radius 1 is 1.23 bits per heavy atom. The molecule has 0 unspecified atom stereocenters. The van der Waals surface area contributed by atoms with Crippen LogP contribution in [-0.4, -0.2) is 9.55 Å². The predicted molar refractivity (Wildman–Crippen MR) is 95.4 cm³/mol. The maximum atomic E-state index is 13.0. The van der Waals surface area contributed by atoms with Crippen molar-refractivity contribution in [3.8, 4) is 0 Å². The molecule has 1 aliphatic rings. The van der Waals surface area contributed by atoms with Crippen molar-refractivity contribution in [2.45, 2.75) is 38.6 Å². The van der Waals surface area contributed by atoms with Crippen molar-refractivity contribution in [3.05, 3.63) is 39.4 Å². The molecule has 2 heterocycles. The molecule has 2 aromatic heterocycles. The molecule has 1 aromatic carbocycles. The lowest BCUT2D eigenvalue weighted by Crippen LogP contribution is -2.28. The molecule has 1 fully saturated rings. The van der Waals surface area contributed by atoms with E-state index >= 15 is 0 Å². The number of hydrogen-bond acceptors (Lipinski definition) is 3. The average molecular weight is 330 g/mol. The molecule has 1 N–H and O–H groups in total. The molecule has 5 heteroatoms. The quantitative estimate of drug-likeness (QED) is 0.636. The van der Waals surface area contributed by atoms with E-state index in [1.165, 1.54) is 12.8 Å². The summed E-state index contributed by atoms with van der Waals surface area (Å²) in [5.74, 6) is 0.762. The lowest BCUT2D eigenvalue weighted by atomic mass is 9.87. The van der Waals surface area contributed by atoms with Gasteiger partial charge in [0.2, 0.25) is 0 Å². The lowest BCUT2D eigenvalue weighted by molar-refractivity contribution is 0.282. The molecular formula is C17H18N2OS2. The van der Waals surface area contributed by atoms with Crippen LogP contribution in [0.4, 0.5) is 0 Å². The van der Waals surface area contributed by atoms with Gasteiger partial charge in [-0.1, -0.05) is 25.1 Å². The Balaban J connectivity index is 1.95. The van der Waals surface area contributed by atoms with Crippen LogP contribution >= 0.6 is 23.6 Å². The Bertz CT molecular complexity index is 958. The number of aromatic nitrogens is 2. The molecular weight excluding hydrogens is 312 g/mol. The van der Waals surface area contributed by atoms with E-state index in [9.17, 15) is 4.79 Å². The highest BCUT2D eigenvalue weighted by Crippen LogP contribution is 2.33. The molecule has 3 aromatic rings. The molecule has 0 radical (unpaired) electrons. The van der Waals surface area contributed by atoms with Crippen LogP contribution in [-0.2, 0) is 0 Å². The minimum atomic E-state index is 0.0829. The molecule has 0 bridgehead atoms. The van der Waals surface area contributed by atoms with Crippen molar-refractivity contribution in [2.24, 2.45) is 5.92 Å². The zero-order chi connectivity index (χ0) is 15.3. The standard InChI is InChI=1S/C17H18N2OS2/c1-10-6-8-11(9-7-10)19-16(20)15-14(18-17(19)21)12-4-2-3-5-13(12)22-15/h2-5,10-11H,6-9H2,1H3,(H,18,21). The maximum absolute atomic E-state index is 13.0. The summed E-state index contributed by atoms with van der Waals surface area (Å²) in [6, 6.07) is 8.36. The van der Waals surface area contributed by atoms with Crippen LogP contribution in [0.15, 0.2) is 29.1 Å². The van der Waals surface area contributed by atoms with E-state index in [0.29, 0.717) is 4.77 Å². The fraction of sp³-hybridized carbons (Fsp3) is 0.412. The largest absolute Gasteiger partial charge is 0.330 e. The third-order valence-corrected chi connectivity index (χ3v) is 6.27. The van der Waals surface area contributed by atoms with Gasteiger partial charge in [-0.15, -0.1) is 11.3 Å². The van der Waals surface area contributed by atoms with Crippen LogP contribution < -0.4 is 5.56 Å². The number of rotatable bonds is 1. The van der Waals surface area contributed by atoms with Crippen molar-refractivity contribution < 1.29 is 0 Å². The van der Waals surface area contributed by atoms with Gasteiger partial charge in [-0.05, 0) is 49.9 Å². The van der Waals surface area contributed by atoms with E-state index in [1.807, 2.05) is 22.8 Å². The number of nitrogens with one attached hydrogen (secondary N) is 1. The number of thiophene rings is 1. The van der Waals surface area contributed by atoms with Gasteiger partial charge in [0.05, 0.1) is 5.52 Å². The molecule has 114 valence electrons. The first kappa shape index (κ1) is 14.2. The number of benzene rings is 1. The molecule has 0 amide bonds. The third-order valence-electron chi connectivity index (χ3n) is 4.81. The van der Waals surface area contributed by atoms with E-state index < -0.39 is 0 Å². The van der Waals surface area contributed by atoms with Crippen LogP contribution in [0.1, 0.15) is 38.6 Å². The highest BCUT2D eigenvalue weighted by Gasteiger charge is 2.23. The summed E-state index contributed by atoms with van der Waals surface area (Å²) in [6.45, 7) is 2.29. The monoisotopic (exact) mass is 330 g/mol. The minimum absolute atomic E-state index is 0.0829. The number of aromatic amines is 1. The van der Waals surface area contributed by atoms with Gasteiger partial charge in [0.25, 0.3) is 5.56 Å². The molecule has 1 aliphatic carbocycles. The highest BCUT2D eigenvalue weighted by molar-refractivity contribution is 7.71. The first-order valence-electron chi connectivity index (χ1n) is 7.81. The molecule has 0 spiro atoms. The molecule has 0 atom stereocenters. The van der Waals surface area contributed by atoms with Gasteiger partial charge in [0.1, 0.15) is 4.70 Å². The first-order chi connectivity index (χ1) is 10.6. The number of hydrogen-bond donors (Lipinski definition) is 1. The molecule has 3 nitrogen and oxygen atoms in total. The first-order valence-corrected chi connectivity index (χ1v) is 9.03. The Morgan fingerprint density at radius 2 is 1.95 bits per heavy atom. The SMILES string of the molecule is CC1CCC(n2c(=S)[nH]c3c(sc4ccccc43)c2=O)CC1. The fourth-order valence-corrected chi connectivity index (χ4v) is 4.95. The number of nitrogens with zero attached hydrogens (tertiary/aromatic N) is 1. The Morgan fingerprint density at radius 3 is 2.73 bits per heavy atom. The Labute approximate surface area is 137 Å². The van der Waals surface area contributed by atoms with Gasteiger partial charge in [0.15, 0.2) is 4.77 Å². The average Bonchev–Trinajstić information content (AvgIpc) is 2.88. The van der Waals surface area contributed by atoms with Crippen LogP contribution in [0.3, 0.4) is 0 Å². The number of fused-ring (bicyclic) bond motifs is 3. The molecule has 0 saturated heterocycles. The topological polar surface area (TPSA) is 37.8 Å². The number of H-pyrrole nitrogens is 1. The van der Waals surface area contributed by atoms with Gasteiger partial charge < -0.3 is 4.98 Å². The van der Waals surface area contributed by atoms with Gasteiger partial charge in [-0.3, -0.25) is 9.36 Å². The predicted octanol–water partition coefficient (Wildman–Crippen LogP) is 5.02. The summed E-state index contributed by atoms with van der Waals surface area (Å²) in [4.78, 5) is 16.3. The fourth-order valence-electron chi connectivity index (χ4n) is 3.52. The molecule has 1 saturated carbocycles. The van der Waals surface area contributed by atoms with Gasteiger partial charge >= 0.3 is 0 Å². The summed E-state index contributed by atoms with van der Waals surface area (Å²) in [7, 11) is 0. The van der Waals surface area contributed by atoms with Crippen LogP contribution in [0.2, 0.25) is 0 Å². The van der Waals surface area contributed by atoms with Crippen molar-refractivity contribution in [1.29, 1.82) is 0 Å². The van der Waals surface area contributed by atoms with Gasteiger partial charge in [-0.2, -0.15) is 0 Å². The van der Waals surface area contributed by atoms with E-state index in [0.717, 1.165) is 39.1 Å². The zero-order valence-corrected chi connectivity index (χ0v) is 14.1. The second-order valence-electron chi connectivity index (χ2n) is 6.32. The minimum Gasteiger partial charge on any atom is -0.330 e. The molecule has 4 rings (SSSR count). The van der Waals surface area contributed by atoms with Gasteiger partial charge in [0, 0.05) is 16.1 Å². The van der Waals surface area contributed by atoms with E-state index in [1.54, 1.807) is 11.3 Å². The molecule has 22 heavy (non-hydrogen) atoms. The van der Waals surface area contributed by atoms with E-state index in [4.69, 9.17) is 12.2 Å². The normalized spacial score (nSPS) is 22.4. The van der Waals surface area contributed by atoms with E-state index in [2.05, 4.69) is 18.0 Å². The van der Waals surface area contributed by atoms with Crippen molar-refractivity contribution in [3.63, 3.8) is 0 Å². The summed E-state index contributed by atoms with van der Waals surface area (Å²) >= 11 is 7.08. The van der Waals surface area contributed by atoms with Crippen molar-refractivity contribution in [1.82, 2.24) is 9.55 Å². The second kappa shape index (κ2) is 5.32. The second-order valence-corrected chi connectivity index (χ2v) is 7.76. The summed E-state index contributed by atoms with van der Waals surface area (Å²) in [5, 5.41) is 1.09. The summed E-state index contributed by atoms with van der Waals surface area (Å²) < 4.78 is 4.34. The Hall–Kier alpha value is -1.46. The van der Waals surface area contributed by atoms with Crippen LogP contribution in [0.5, 0.6) is 0 Å². The summed E-state index contributed by atoms with van der Waals surface area (Å²) in [6.07, 6.45) is 4.45. The van der Waals surface area contributed by atoms with Crippen LogP contribution in [0, 0.1) is 10.7 Å².